The molecular formula is C11H24N2O2S. The molecule has 1 aliphatic rings. The van der Waals surface area contributed by atoms with Crippen LogP contribution in [0.15, 0.2) is 0 Å². The fourth-order valence-corrected chi connectivity index (χ4v) is 3.10. The van der Waals surface area contributed by atoms with Crippen LogP contribution in [0.1, 0.15) is 27.7 Å². The lowest BCUT2D eigenvalue weighted by Crippen LogP contribution is -2.55. The van der Waals surface area contributed by atoms with Crippen molar-refractivity contribution in [1.29, 1.82) is 0 Å². The van der Waals surface area contributed by atoms with Gasteiger partial charge in [0, 0.05) is 31.7 Å². The van der Waals surface area contributed by atoms with Crippen molar-refractivity contribution in [2.45, 2.75) is 45.0 Å². The van der Waals surface area contributed by atoms with E-state index in [9.17, 15) is 8.42 Å². The van der Waals surface area contributed by atoms with Gasteiger partial charge in [-0.05, 0) is 27.7 Å². The first-order valence-electron chi connectivity index (χ1n) is 6.01. The Balaban J connectivity index is 2.44. The number of hydrogen-bond donors (Lipinski definition) is 1. The van der Waals surface area contributed by atoms with E-state index in [1.807, 2.05) is 0 Å². The van der Waals surface area contributed by atoms with Crippen molar-refractivity contribution < 1.29 is 8.42 Å². The number of hydrogen-bond acceptors (Lipinski definition) is 4. The van der Waals surface area contributed by atoms with Crippen LogP contribution in [-0.4, -0.2) is 56.0 Å². The van der Waals surface area contributed by atoms with Crippen LogP contribution in [0.2, 0.25) is 0 Å². The molecule has 1 rings (SSSR count). The minimum atomic E-state index is -2.89. The largest absolute Gasteiger partial charge is 0.309 e. The zero-order valence-electron chi connectivity index (χ0n) is 10.7. The lowest BCUT2D eigenvalue weighted by molar-refractivity contribution is 0.182. The van der Waals surface area contributed by atoms with E-state index < -0.39 is 9.84 Å². The first kappa shape index (κ1) is 13.9. The fraction of sp³-hybridized carbons (Fsp3) is 1.00. The van der Waals surface area contributed by atoms with Crippen LogP contribution >= 0.6 is 0 Å². The van der Waals surface area contributed by atoms with Gasteiger partial charge in [-0.1, -0.05) is 0 Å². The molecule has 0 radical (unpaired) electrons. The molecule has 0 aromatic heterocycles. The molecule has 5 heteroatoms. The van der Waals surface area contributed by atoms with Crippen LogP contribution < -0.4 is 5.32 Å². The zero-order valence-corrected chi connectivity index (χ0v) is 11.5. The van der Waals surface area contributed by atoms with Crippen LogP contribution in [0.3, 0.4) is 0 Å². The summed E-state index contributed by atoms with van der Waals surface area (Å²) in [5.41, 5.74) is 0. The molecule has 1 saturated heterocycles. The van der Waals surface area contributed by atoms with Crippen molar-refractivity contribution in [2.24, 2.45) is 0 Å². The molecule has 0 bridgehead atoms. The summed E-state index contributed by atoms with van der Waals surface area (Å²) in [5.74, 6) is 0.282. The van der Waals surface area contributed by atoms with Crippen LogP contribution in [-0.2, 0) is 9.84 Å². The molecule has 0 aliphatic carbocycles. The third kappa shape index (κ3) is 4.03. The predicted octanol–water partition coefficient (Wildman–Crippen LogP) is 0.492. The maximum absolute atomic E-state index is 11.7. The molecule has 1 N–H and O–H groups in total. The van der Waals surface area contributed by atoms with Gasteiger partial charge in [0.1, 0.15) is 0 Å². The summed E-state index contributed by atoms with van der Waals surface area (Å²) < 4.78 is 23.4. The molecule has 4 nitrogen and oxygen atoms in total. The Hall–Kier alpha value is -0.130. The van der Waals surface area contributed by atoms with Crippen molar-refractivity contribution in [3.63, 3.8) is 0 Å². The summed E-state index contributed by atoms with van der Waals surface area (Å²) in [6.45, 7) is 10.3. The zero-order chi connectivity index (χ0) is 12.3. The van der Waals surface area contributed by atoms with Gasteiger partial charge < -0.3 is 5.32 Å². The van der Waals surface area contributed by atoms with Crippen LogP contribution in [0.4, 0.5) is 0 Å². The smallest absolute Gasteiger partial charge is 0.153 e. The summed E-state index contributed by atoms with van der Waals surface area (Å²) in [5, 5.41) is 3.18. The molecule has 0 amide bonds. The molecule has 1 aliphatic heterocycles. The Morgan fingerprint density at radius 3 is 2.19 bits per heavy atom. The summed E-state index contributed by atoms with van der Waals surface area (Å²) >= 11 is 0. The van der Waals surface area contributed by atoms with Crippen LogP contribution in [0.25, 0.3) is 0 Å². The number of nitrogens with zero attached hydrogens (tertiary/aromatic N) is 1. The van der Waals surface area contributed by atoms with E-state index in [1.54, 1.807) is 13.8 Å². The quantitative estimate of drug-likeness (QED) is 0.787. The average Bonchev–Trinajstić information content (AvgIpc) is 2.13. The van der Waals surface area contributed by atoms with Crippen molar-refractivity contribution in [3.05, 3.63) is 0 Å². The Morgan fingerprint density at radius 1 is 1.25 bits per heavy atom. The minimum absolute atomic E-state index is 0.259. The summed E-state index contributed by atoms with van der Waals surface area (Å²) in [6.07, 6.45) is 0. The topological polar surface area (TPSA) is 49.4 Å². The molecule has 2 unspecified atom stereocenters. The predicted molar refractivity (Wildman–Crippen MR) is 67.4 cm³/mol. The maximum atomic E-state index is 11.7. The van der Waals surface area contributed by atoms with Gasteiger partial charge >= 0.3 is 0 Å². The second-order valence-corrected chi connectivity index (χ2v) is 7.82. The Labute approximate surface area is 99.3 Å². The van der Waals surface area contributed by atoms with Gasteiger partial charge in [-0.15, -0.1) is 0 Å². The maximum Gasteiger partial charge on any atom is 0.153 e. The number of sulfone groups is 1. The Morgan fingerprint density at radius 2 is 1.75 bits per heavy atom. The Kier molecular flexibility index (Phi) is 4.76. The monoisotopic (exact) mass is 248 g/mol. The minimum Gasteiger partial charge on any atom is -0.309 e. The molecular weight excluding hydrogens is 224 g/mol. The number of rotatable bonds is 4. The van der Waals surface area contributed by atoms with Crippen molar-refractivity contribution in [3.8, 4) is 0 Å². The molecule has 0 saturated carbocycles. The second kappa shape index (κ2) is 5.47. The van der Waals surface area contributed by atoms with Gasteiger partial charge in [-0.2, -0.15) is 0 Å². The van der Waals surface area contributed by atoms with Crippen molar-refractivity contribution in [1.82, 2.24) is 10.2 Å². The Bertz CT molecular complexity index is 304. The molecule has 0 aromatic rings. The SMILES string of the molecule is CC1CN(CCS(=O)(=O)C(C)C)CC(C)N1. The van der Waals surface area contributed by atoms with Gasteiger partial charge in [0.15, 0.2) is 9.84 Å². The third-order valence-electron chi connectivity index (χ3n) is 3.04. The first-order chi connectivity index (χ1) is 7.31. The van der Waals surface area contributed by atoms with Gasteiger partial charge in [0.05, 0.1) is 11.0 Å². The highest BCUT2D eigenvalue weighted by atomic mass is 32.2. The third-order valence-corrected chi connectivity index (χ3v) is 5.23. The standard InChI is InChI=1S/C11H24N2O2S/c1-9(2)16(14,15)6-5-13-7-10(3)12-11(4)8-13/h9-12H,5-8H2,1-4H3. The fourth-order valence-electron chi connectivity index (χ4n) is 2.11. The average molecular weight is 248 g/mol. The van der Waals surface area contributed by atoms with E-state index in [-0.39, 0.29) is 11.0 Å². The number of piperazine rings is 1. The van der Waals surface area contributed by atoms with E-state index in [4.69, 9.17) is 0 Å². The summed E-state index contributed by atoms with van der Waals surface area (Å²) in [6, 6.07) is 0.899. The van der Waals surface area contributed by atoms with Crippen LogP contribution in [0.5, 0.6) is 0 Å². The van der Waals surface area contributed by atoms with Crippen molar-refractivity contribution >= 4 is 9.84 Å². The molecule has 1 fully saturated rings. The van der Waals surface area contributed by atoms with E-state index >= 15 is 0 Å². The van der Waals surface area contributed by atoms with Gasteiger partial charge in [0.25, 0.3) is 0 Å². The van der Waals surface area contributed by atoms with E-state index in [0.29, 0.717) is 18.6 Å². The first-order valence-corrected chi connectivity index (χ1v) is 7.73. The van der Waals surface area contributed by atoms with Gasteiger partial charge in [-0.3, -0.25) is 4.90 Å². The summed E-state index contributed by atoms with van der Waals surface area (Å²) in [4.78, 5) is 2.24. The molecule has 96 valence electrons. The second-order valence-electron chi connectivity index (χ2n) is 5.14. The molecule has 1 heterocycles. The van der Waals surface area contributed by atoms with Gasteiger partial charge in [0.2, 0.25) is 0 Å². The van der Waals surface area contributed by atoms with E-state index in [0.717, 1.165) is 13.1 Å². The normalized spacial score (nSPS) is 28.6. The van der Waals surface area contributed by atoms with Gasteiger partial charge in [-0.25, -0.2) is 8.42 Å². The molecule has 0 aromatic carbocycles. The highest BCUT2D eigenvalue weighted by molar-refractivity contribution is 7.92. The highest BCUT2D eigenvalue weighted by Gasteiger charge is 2.23. The summed E-state index contributed by atoms with van der Waals surface area (Å²) in [7, 11) is -2.89. The highest BCUT2D eigenvalue weighted by Crippen LogP contribution is 2.06. The van der Waals surface area contributed by atoms with Crippen molar-refractivity contribution in [2.75, 3.05) is 25.4 Å². The van der Waals surface area contributed by atoms with Crippen LogP contribution in [0, 0.1) is 0 Å². The lowest BCUT2D eigenvalue weighted by Gasteiger charge is -2.36. The lowest BCUT2D eigenvalue weighted by atomic mass is 10.1. The van der Waals surface area contributed by atoms with E-state index in [1.165, 1.54) is 0 Å². The van der Waals surface area contributed by atoms with E-state index in [2.05, 4.69) is 24.1 Å². The number of nitrogens with one attached hydrogen (secondary N) is 1. The molecule has 0 spiro atoms. The molecule has 16 heavy (non-hydrogen) atoms. The molecule has 2 atom stereocenters.